The summed E-state index contributed by atoms with van der Waals surface area (Å²) in [5.74, 6) is 4.67. The van der Waals surface area contributed by atoms with E-state index in [-0.39, 0.29) is 11.6 Å². The first-order chi connectivity index (χ1) is 8.85. The fourth-order valence-corrected chi connectivity index (χ4v) is 1.63. The van der Waals surface area contributed by atoms with Crippen LogP contribution >= 0.6 is 0 Å². The van der Waals surface area contributed by atoms with Gasteiger partial charge in [0.2, 0.25) is 5.91 Å². The molecule has 1 unspecified atom stereocenters. The molecule has 0 bridgehead atoms. The lowest BCUT2D eigenvalue weighted by molar-refractivity contribution is -0.384. The Balaban J connectivity index is 3.08. The van der Waals surface area contributed by atoms with Gasteiger partial charge >= 0.3 is 0 Å². The van der Waals surface area contributed by atoms with Gasteiger partial charge in [-0.1, -0.05) is 13.8 Å². The highest BCUT2D eigenvalue weighted by molar-refractivity contribution is 5.83. The van der Waals surface area contributed by atoms with Crippen LogP contribution < -0.4 is 22.3 Å². The molecule has 1 rings (SSSR count). The number of carbonyl (C=O) groups excluding carboxylic acids is 1. The maximum absolute atomic E-state index is 11.3. The first kappa shape index (κ1) is 14.7. The zero-order chi connectivity index (χ0) is 14.6. The second-order valence-electron chi connectivity index (χ2n) is 4.44. The maximum Gasteiger partial charge on any atom is 0.273 e. The summed E-state index contributed by atoms with van der Waals surface area (Å²) in [6.45, 7) is 3.64. The van der Waals surface area contributed by atoms with Gasteiger partial charge in [-0.3, -0.25) is 20.8 Å². The van der Waals surface area contributed by atoms with Gasteiger partial charge in [-0.15, -0.1) is 0 Å². The van der Waals surface area contributed by atoms with Crippen LogP contribution in [-0.4, -0.2) is 16.9 Å². The Kier molecular flexibility index (Phi) is 4.65. The Morgan fingerprint density at radius 1 is 1.32 bits per heavy atom. The summed E-state index contributed by atoms with van der Waals surface area (Å²) in [7, 11) is 0. The van der Waals surface area contributed by atoms with Crippen molar-refractivity contribution in [3.05, 3.63) is 28.3 Å². The number of anilines is 2. The molecule has 0 aliphatic heterocycles. The van der Waals surface area contributed by atoms with E-state index in [0.717, 1.165) is 0 Å². The molecule has 8 heteroatoms. The van der Waals surface area contributed by atoms with Crippen LogP contribution in [0.3, 0.4) is 0 Å². The van der Waals surface area contributed by atoms with E-state index in [1.807, 2.05) is 13.8 Å². The zero-order valence-electron chi connectivity index (χ0n) is 10.7. The Hall–Kier alpha value is -2.35. The molecule has 0 fully saturated rings. The number of nitro groups is 1. The number of nitrogens with zero attached hydrogens (tertiary/aromatic N) is 1. The normalized spacial score (nSPS) is 12.0. The number of amides is 1. The molecular formula is C11H17N5O3. The van der Waals surface area contributed by atoms with E-state index in [2.05, 4.69) is 10.7 Å². The van der Waals surface area contributed by atoms with Crippen molar-refractivity contribution in [3.8, 4) is 0 Å². The molecule has 0 saturated heterocycles. The number of nitrogen functional groups attached to an aromatic ring is 1. The highest BCUT2D eigenvalue weighted by Gasteiger charge is 2.20. The van der Waals surface area contributed by atoms with Gasteiger partial charge in [0.05, 0.1) is 10.6 Å². The number of non-ortho nitro benzene ring substituents is 1. The summed E-state index contributed by atoms with van der Waals surface area (Å²) < 4.78 is 0. The molecular weight excluding hydrogens is 250 g/mol. The fraction of sp³-hybridized carbons (Fsp3) is 0.364. The summed E-state index contributed by atoms with van der Waals surface area (Å²) in [4.78, 5) is 21.6. The molecule has 1 atom stereocenters. The number of benzene rings is 1. The molecule has 0 saturated carbocycles. The molecule has 0 aromatic heterocycles. The van der Waals surface area contributed by atoms with Crippen LogP contribution in [-0.2, 0) is 4.79 Å². The Morgan fingerprint density at radius 2 is 1.89 bits per heavy atom. The van der Waals surface area contributed by atoms with Crippen LogP contribution in [0.2, 0.25) is 0 Å². The second-order valence-corrected chi connectivity index (χ2v) is 4.44. The lowest BCUT2D eigenvalue weighted by Gasteiger charge is -2.20. The van der Waals surface area contributed by atoms with Gasteiger partial charge in [0.15, 0.2) is 0 Å². The van der Waals surface area contributed by atoms with Crippen LogP contribution in [0.25, 0.3) is 0 Å². The number of nitro benzene ring substituents is 1. The predicted molar refractivity (Wildman–Crippen MR) is 72.3 cm³/mol. The van der Waals surface area contributed by atoms with Gasteiger partial charge in [-0.05, 0) is 12.0 Å². The van der Waals surface area contributed by atoms with Gasteiger partial charge in [0.1, 0.15) is 6.04 Å². The Morgan fingerprint density at radius 3 is 2.32 bits per heavy atom. The molecule has 1 aromatic carbocycles. The third-order valence-electron chi connectivity index (χ3n) is 2.59. The number of hydrogen-bond acceptors (Lipinski definition) is 6. The summed E-state index contributed by atoms with van der Waals surface area (Å²) in [6, 6.07) is 3.55. The molecule has 0 spiro atoms. The average molecular weight is 267 g/mol. The number of nitrogens with one attached hydrogen (secondary N) is 2. The SMILES string of the molecule is CC(C)C(Nc1cc(NN)cc([N+](=O)[O-])c1)C(N)=O. The summed E-state index contributed by atoms with van der Waals surface area (Å²) in [6.07, 6.45) is 0. The smallest absolute Gasteiger partial charge is 0.273 e. The lowest BCUT2D eigenvalue weighted by Crippen LogP contribution is -2.39. The monoisotopic (exact) mass is 267 g/mol. The van der Waals surface area contributed by atoms with E-state index in [1.54, 1.807) is 6.07 Å². The molecule has 0 heterocycles. The van der Waals surface area contributed by atoms with Crippen molar-refractivity contribution in [1.82, 2.24) is 0 Å². The number of rotatable bonds is 6. The Labute approximate surface area is 110 Å². The first-order valence-electron chi connectivity index (χ1n) is 5.67. The van der Waals surface area contributed by atoms with Crippen molar-refractivity contribution in [3.63, 3.8) is 0 Å². The standard InChI is InChI=1S/C11H17N5O3/c1-6(2)10(11(12)17)14-7-3-8(15-13)5-9(4-7)16(18)19/h3-6,10,14-15H,13H2,1-2H3,(H2,12,17). The lowest BCUT2D eigenvalue weighted by atomic mass is 10.0. The molecule has 8 nitrogen and oxygen atoms in total. The van der Waals surface area contributed by atoms with Gasteiger partial charge in [-0.25, -0.2) is 0 Å². The number of nitrogens with two attached hydrogens (primary N) is 2. The first-order valence-corrected chi connectivity index (χ1v) is 5.67. The van der Waals surface area contributed by atoms with Gasteiger partial charge < -0.3 is 16.5 Å². The minimum Gasteiger partial charge on any atom is -0.373 e. The van der Waals surface area contributed by atoms with E-state index in [1.165, 1.54) is 12.1 Å². The Bertz CT molecular complexity index is 489. The van der Waals surface area contributed by atoms with Crippen LogP contribution in [0.15, 0.2) is 18.2 Å². The quantitative estimate of drug-likeness (QED) is 0.342. The number of carbonyl (C=O) groups is 1. The largest absolute Gasteiger partial charge is 0.373 e. The number of hydrogen-bond donors (Lipinski definition) is 4. The van der Waals surface area contributed by atoms with Crippen molar-refractivity contribution in [1.29, 1.82) is 0 Å². The van der Waals surface area contributed by atoms with Crippen molar-refractivity contribution in [2.45, 2.75) is 19.9 Å². The number of primary amides is 1. The van der Waals surface area contributed by atoms with E-state index < -0.39 is 16.9 Å². The van der Waals surface area contributed by atoms with Crippen LogP contribution in [0.5, 0.6) is 0 Å². The van der Waals surface area contributed by atoms with Crippen LogP contribution in [0.4, 0.5) is 17.1 Å². The molecule has 0 aliphatic rings. The summed E-state index contributed by atoms with van der Waals surface area (Å²) in [5, 5.41) is 13.7. The summed E-state index contributed by atoms with van der Waals surface area (Å²) >= 11 is 0. The molecule has 0 radical (unpaired) electrons. The highest BCUT2D eigenvalue weighted by atomic mass is 16.6. The van der Waals surface area contributed by atoms with E-state index in [0.29, 0.717) is 11.4 Å². The van der Waals surface area contributed by atoms with Crippen molar-refractivity contribution in [2.75, 3.05) is 10.7 Å². The molecule has 1 amide bonds. The van der Waals surface area contributed by atoms with Crippen molar-refractivity contribution in [2.24, 2.45) is 17.5 Å². The predicted octanol–water partition coefficient (Wildman–Crippen LogP) is 0.802. The minimum absolute atomic E-state index is 0.0500. The molecule has 0 aliphatic carbocycles. The van der Waals surface area contributed by atoms with Crippen LogP contribution in [0, 0.1) is 16.0 Å². The van der Waals surface area contributed by atoms with E-state index in [4.69, 9.17) is 11.6 Å². The maximum atomic E-state index is 11.3. The second kappa shape index (κ2) is 6.01. The molecule has 104 valence electrons. The average Bonchev–Trinajstić information content (AvgIpc) is 2.34. The van der Waals surface area contributed by atoms with Gasteiger partial charge in [0.25, 0.3) is 5.69 Å². The third-order valence-corrected chi connectivity index (χ3v) is 2.59. The highest BCUT2D eigenvalue weighted by Crippen LogP contribution is 2.25. The van der Waals surface area contributed by atoms with Gasteiger partial charge in [0, 0.05) is 17.8 Å². The summed E-state index contributed by atoms with van der Waals surface area (Å²) in [5.41, 5.74) is 8.24. The van der Waals surface area contributed by atoms with Crippen molar-refractivity contribution < 1.29 is 9.72 Å². The molecule has 1 aromatic rings. The fourth-order valence-electron chi connectivity index (χ4n) is 1.63. The number of hydrazine groups is 1. The zero-order valence-corrected chi connectivity index (χ0v) is 10.7. The molecule has 6 N–H and O–H groups in total. The molecule has 19 heavy (non-hydrogen) atoms. The van der Waals surface area contributed by atoms with Crippen molar-refractivity contribution >= 4 is 23.0 Å². The van der Waals surface area contributed by atoms with Crippen LogP contribution in [0.1, 0.15) is 13.8 Å². The van der Waals surface area contributed by atoms with Gasteiger partial charge in [-0.2, -0.15) is 0 Å². The van der Waals surface area contributed by atoms with E-state index >= 15 is 0 Å². The topological polar surface area (TPSA) is 136 Å². The minimum atomic E-state index is -0.618. The third kappa shape index (κ3) is 3.81. The van der Waals surface area contributed by atoms with E-state index in [9.17, 15) is 14.9 Å².